The van der Waals surface area contributed by atoms with E-state index >= 15 is 0 Å². The second-order valence-electron chi connectivity index (χ2n) is 5.66. The molecular formula is C19H16F2N4O2. The fourth-order valence-electron chi connectivity index (χ4n) is 2.34. The Morgan fingerprint density at radius 3 is 2.56 bits per heavy atom. The van der Waals surface area contributed by atoms with Crippen LogP contribution in [0, 0.1) is 18.6 Å². The number of methoxy groups -OCH3 is 1. The minimum atomic E-state index is -0.997. The van der Waals surface area contributed by atoms with Crippen LogP contribution in [-0.4, -0.2) is 23.0 Å². The molecule has 0 atom stereocenters. The lowest BCUT2D eigenvalue weighted by Crippen LogP contribution is -2.15. The summed E-state index contributed by atoms with van der Waals surface area (Å²) in [5.41, 5.74) is 1.46. The molecule has 0 aliphatic rings. The summed E-state index contributed by atoms with van der Waals surface area (Å²) in [7, 11) is 1.53. The van der Waals surface area contributed by atoms with Crippen LogP contribution in [0.15, 0.2) is 48.5 Å². The molecule has 8 heteroatoms. The molecule has 3 aromatic rings. The number of amides is 1. The lowest BCUT2D eigenvalue weighted by Gasteiger charge is -2.10. The monoisotopic (exact) mass is 370 g/mol. The number of ether oxygens (including phenoxy) is 1. The Bertz CT molecular complexity index is 995. The first-order valence-electron chi connectivity index (χ1n) is 7.98. The Kier molecular flexibility index (Phi) is 5.25. The number of carbonyl (C=O) groups is 1. The molecule has 1 amide bonds. The summed E-state index contributed by atoms with van der Waals surface area (Å²) in [4.78, 5) is 20.8. The van der Waals surface area contributed by atoms with Crippen molar-refractivity contribution in [2.45, 2.75) is 6.92 Å². The quantitative estimate of drug-likeness (QED) is 0.708. The summed E-state index contributed by atoms with van der Waals surface area (Å²) in [6.07, 6.45) is 0. The van der Waals surface area contributed by atoms with E-state index in [1.165, 1.54) is 19.2 Å². The van der Waals surface area contributed by atoms with Gasteiger partial charge in [-0.25, -0.2) is 18.7 Å². The van der Waals surface area contributed by atoms with Gasteiger partial charge in [-0.3, -0.25) is 4.79 Å². The second kappa shape index (κ2) is 7.77. The van der Waals surface area contributed by atoms with Crippen molar-refractivity contribution < 1.29 is 18.3 Å². The highest BCUT2D eigenvalue weighted by Crippen LogP contribution is 2.19. The van der Waals surface area contributed by atoms with E-state index in [-0.39, 0.29) is 17.3 Å². The number of aryl methyl sites for hydroxylation is 1. The molecule has 6 nitrogen and oxygen atoms in total. The van der Waals surface area contributed by atoms with Gasteiger partial charge in [-0.15, -0.1) is 0 Å². The van der Waals surface area contributed by atoms with Crippen LogP contribution in [0.1, 0.15) is 16.2 Å². The van der Waals surface area contributed by atoms with Crippen LogP contribution in [0.4, 0.5) is 26.1 Å². The SMILES string of the molecule is COc1cccc(NC(=O)c2cc(C)nc(Nc3ccc(F)c(F)c3)n2)c1. The molecule has 3 rings (SSSR count). The number of hydrogen-bond donors (Lipinski definition) is 2. The summed E-state index contributed by atoms with van der Waals surface area (Å²) < 4.78 is 31.5. The third kappa shape index (κ3) is 4.55. The van der Waals surface area contributed by atoms with Crippen LogP contribution in [0.25, 0.3) is 0 Å². The Morgan fingerprint density at radius 2 is 1.81 bits per heavy atom. The van der Waals surface area contributed by atoms with Gasteiger partial charge < -0.3 is 15.4 Å². The molecule has 1 heterocycles. The third-order valence-electron chi connectivity index (χ3n) is 3.59. The number of aromatic nitrogens is 2. The van der Waals surface area contributed by atoms with Crippen molar-refractivity contribution in [2.24, 2.45) is 0 Å². The van der Waals surface area contributed by atoms with Gasteiger partial charge in [-0.05, 0) is 37.3 Å². The molecular weight excluding hydrogens is 354 g/mol. The van der Waals surface area contributed by atoms with Crippen LogP contribution < -0.4 is 15.4 Å². The Morgan fingerprint density at radius 1 is 1.00 bits per heavy atom. The van der Waals surface area contributed by atoms with Crippen molar-refractivity contribution >= 4 is 23.2 Å². The zero-order valence-electron chi connectivity index (χ0n) is 14.6. The topological polar surface area (TPSA) is 76.1 Å². The molecule has 0 unspecified atom stereocenters. The standard InChI is InChI=1S/C19H16F2N4O2/c1-11-8-17(18(26)23-12-4-3-5-14(9-12)27-2)25-19(22-11)24-13-6-7-15(20)16(21)10-13/h3-10H,1-2H3,(H,23,26)(H,22,24,25). The molecule has 2 N–H and O–H groups in total. The maximum absolute atomic E-state index is 13.3. The maximum Gasteiger partial charge on any atom is 0.274 e. The van der Waals surface area contributed by atoms with Crippen molar-refractivity contribution in [1.82, 2.24) is 9.97 Å². The lowest BCUT2D eigenvalue weighted by atomic mass is 10.2. The van der Waals surface area contributed by atoms with Crippen molar-refractivity contribution in [2.75, 3.05) is 17.7 Å². The fraction of sp³-hybridized carbons (Fsp3) is 0.105. The zero-order valence-corrected chi connectivity index (χ0v) is 14.6. The van der Waals surface area contributed by atoms with E-state index in [1.807, 2.05) is 0 Å². The summed E-state index contributed by atoms with van der Waals surface area (Å²) in [6.45, 7) is 1.69. The van der Waals surface area contributed by atoms with Gasteiger partial charge in [0.05, 0.1) is 7.11 Å². The minimum absolute atomic E-state index is 0.0943. The van der Waals surface area contributed by atoms with Gasteiger partial charge in [0.1, 0.15) is 11.4 Å². The average Bonchev–Trinajstić information content (AvgIpc) is 2.64. The molecule has 0 saturated heterocycles. The van der Waals surface area contributed by atoms with Crippen molar-refractivity contribution in [3.05, 3.63) is 71.6 Å². The fourth-order valence-corrected chi connectivity index (χ4v) is 2.34. The molecule has 0 spiro atoms. The first-order valence-corrected chi connectivity index (χ1v) is 7.98. The lowest BCUT2D eigenvalue weighted by molar-refractivity contribution is 0.102. The third-order valence-corrected chi connectivity index (χ3v) is 3.59. The first kappa shape index (κ1) is 18.2. The molecule has 0 aliphatic carbocycles. The van der Waals surface area contributed by atoms with Gasteiger partial charge in [0.15, 0.2) is 11.6 Å². The highest BCUT2D eigenvalue weighted by atomic mass is 19.2. The predicted molar refractivity (Wildman–Crippen MR) is 97.4 cm³/mol. The van der Waals surface area contributed by atoms with Crippen LogP contribution in [0.3, 0.4) is 0 Å². The van der Waals surface area contributed by atoms with Crippen molar-refractivity contribution in [1.29, 1.82) is 0 Å². The smallest absolute Gasteiger partial charge is 0.274 e. The molecule has 138 valence electrons. The molecule has 1 aromatic heterocycles. The number of halogens is 2. The van der Waals surface area contributed by atoms with Crippen LogP contribution in [0.2, 0.25) is 0 Å². The van der Waals surface area contributed by atoms with Gasteiger partial charge in [0, 0.05) is 29.2 Å². The Hall–Kier alpha value is -3.55. The van der Waals surface area contributed by atoms with E-state index in [0.29, 0.717) is 17.1 Å². The molecule has 0 fully saturated rings. The number of nitrogens with zero attached hydrogens (tertiary/aromatic N) is 2. The second-order valence-corrected chi connectivity index (χ2v) is 5.66. The van der Waals surface area contributed by atoms with Gasteiger partial charge >= 0.3 is 0 Å². The number of carbonyl (C=O) groups excluding carboxylic acids is 1. The van der Waals surface area contributed by atoms with Crippen molar-refractivity contribution in [3.63, 3.8) is 0 Å². The Labute approximate surface area is 154 Å². The largest absolute Gasteiger partial charge is 0.497 e. The van der Waals surface area contributed by atoms with Gasteiger partial charge in [-0.2, -0.15) is 0 Å². The van der Waals surface area contributed by atoms with Gasteiger partial charge in [0.2, 0.25) is 5.95 Å². The molecule has 2 aromatic carbocycles. The molecule has 0 bridgehead atoms. The number of hydrogen-bond acceptors (Lipinski definition) is 5. The van der Waals surface area contributed by atoms with E-state index in [2.05, 4.69) is 20.6 Å². The van der Waals surface area contributed by atoms with Crippen LogP contribution >= 0.6 is 0 Å². The normalized spacial score (nSPS) is 10.4. The van der Waals surface area contributed by atoms with E-state index in [9.17, 15) is 13.6 Å². The summed E-state index contributed by atoms with van der Waals surface area (Å²) >= 11 is 0. The molecule has 27 heavy (non-hydrogen) atoms. The first-order chi connectivity index (χ1) is 12.9. The number of rotatable bonds is 5. The van der Waals surface area contributed by atoms with E-state index in [1.54, 1.807) is 31.2 Å². The van der Waals surface area contributed by atoms with Gasteiger partial charge in [-0.1, -0.05) is 6.07 Å². The van der Waals surface area contributed by atoms with E-state index < -0.39 is 17.5 Å². The van der Waals surface area contributed by atoms with E-state index in [4.69, 9.17) is 4.74 Å². The van der Waals surface area contributed by atoms with E-state index in [0.717, 1.165) is 12.1 Å². The number of benzene rings is 2. The highest BCUT2D eigenvalue weighted by Gasteiger charge is 2.12. The van der Waals surface area contributed by atoms with Crippen LogP contribution in [-0.2, 0) is 0 Å². The number of nitrogens with one attached hydrogen (secondary N) is 2. The highest BCUT2D eigenvalue weighted by molar-refractivity contribution is 6.03. The van der Waals surface area contributed by atoms with Crippen molar-refractivity contribution in [3.8, 4) is 5.75 Å². The summed E-state index contributed by atoms with van der Waals surface area (Å²) in [5, 5.41) is 5.48. The molecule has 0 saturated carbocycles. The molecule has 0 aliphatic heterocycles. The minimum Gasteiger partial charge on any atom is -0.497 e. The summed E-state index contributed by atoms with van der Waals surface area (Å²) in [6, 6.07) is 11.7. The van der Waals surface area contributed by atoms with Crippen LogP contribution in [0.5, 0.6) is 5.75 Å². The number of anilines is 3. The Balaban J connectivity index is 1.81. The molecule has 0 radical (unpaired) electrons. The summed E-state index contributed by atoms with van der Waals surface area (Å²) in [5.74, 6) is -1.70. The zero-order chi connectivity index (χ0) is 19.4. The van der Waals surface area contributed by atoms with Gasteiger partial charge in [0.25, 0.3) is 5.91 Å². The average molecular weight is 370 g/mol. The predicted octanol–water partition coefficient (Wildman–Crippen LogP) is 4.07. The maximum atomic E-state index is 13.3.